The number of hydrogen-bond acceptors (Lipinski definition) is 13. The normalized spacial score (nSPS) is 18.1. The van der Waals surface area contributed by atoms with Crippen LogP contribution in [0.4, 0.5) is 11.4 Å². The lowest BCUT2D eigenvalue weighted by Crippen LogP contribution is -2.52. The van der Waals surface area contributed by atoms with E-state index in [4.69, 9.17) is 20.9 Å². The zero-order chi connectivity index (χ0) is 49.9. The SMILES string of the molecule is Cc1onc(C(=O)N2CCN(C(c3ccc(Cl)cc3)c3ccc(OCC(=O)N4CCN(CCCCCCCCCCCNc5cccc6c5CN(C5CCC(=O)NC5=O)C6=O)CC4)cc3)CC2)c1[N+](=O)[O-]. The van der Waals surface area contributed by atoms with E-state index < -0.39 is 28.5 Å². The van der Waals surface area contributed by atoms with Gasteiger partial charge in [0.25, 0.3) is 17.7 Å². The van der Waals surface area contributed by atoms with Gasteiger partial charge >= 0.3 is 5.69 Å². The fourth-order valence-electron chi connectivity index (χ4n) is 10.2. The number of imide groups is 1. The van der Waals surface area contributed by atoms with Crippen molar-refractivity contribution in [2.24, 2.45) is 0 Å². The molecule has 8 rings (SSSR count). The highest BCUT2D eigenvalue weighted by atomic mass is 35.5. The molecule has 5 heterocycles. The Morgan fingerprint density at radius 3 is 2.14 bits per heavy atom. The summed E-state index contributed by atoms with van der Waals surface area (Å²) in [6.07, 6.45) is 11.3. The first-order valence-electron chi connectivity index (χ1n) is 25.1. The van der Waals surface area contributed by atoms with Gasteiger partial charge in [0.15, 0.2) is 6.61 Å². The summed E-state index contributed by atoms with van der Waals surface area (Å²) in [4.78, 5) is 84.3. The molecule has 71 heavy (non-hydrogen) atoms. The van der Waals surface area contributed by atoms with Crippen molar-refractivity contribution >= 4 is 52.5 Å². The zero-order valence-electron chi connectivity index (χ0n) is 40.5. The predicted octanol–water partition coefficient (Wildman–Crippen LogP) is 7.00. The van der Waals surface area contributed by atoms with Gasteiger partial charge in [0.1, 0.15) is 11.8 Å². The Hall–Kier alpha value is -6.37. The maximum absolute atomic E-state index is 13.2. The van der Waals surface area contributed by atoms with E-state index in [9.17, 15) is 34.1 Å². The highest BCUT2D eigenvalue weighted by Gasteiger charge is 2.40. The number of halogens is 1. The fourth-order valence-corrected chi connectivity index (χ4v) is 10.3. The van der Waals surface area contributed by atoms with Crippen LogP contribution in [-0.4, -0.2) is 142 Å². The van der Waals surface area contributed by atoms with Crippen LogP contribution in [0, 0.1) is 17.0 Å². The molecule has 18 nitrogen and oxygen atoms in total. The average Bonchev–Trinajstić information content (AvgIpc) is 3.94. The van der Waals surface area contributed by atoms with Gasteiger partial charge < -0.3 is 29.3 Å². The molecule has 0 bridgehead atoms. The number of unbranched alkanes of at least 4 members (excludes halogenated alkanes) is 8. The Labute approximate surface area is 419 Å². The number of benzene rings is 3. The zero-order valence-corrected chi connectivity index (χ0v) is 41.2. The predicted molar refractivity (Wildman–Crippen MR) is 266 cm³/mol. The lowest BCUT2D eigenvalue weighted by Gasteiger charge is -2.39. The molecule has 2 atom stereocenters. The van der Waals surface area contributed by atoms with Crippen molar-refractivity contribution in [3.8, 4) is 5.75 Å². The topological polar surface area (TPSA) is 204 Å². The third-order valence-electron chi connectivity index (χ3n) is 14.2. The lowest BCUT2D eigenvalue weighted by molar-refractivity contribution is -0.386. The quantitative estimate of drug-likeness (QED) is 0.0353. The third kappa shape index (κ3) is 12.8. The summed E-state index contributed by atoms with van der Waals surface area (Å²) in [6, 6.07) is 20.3. The minimum Gasteiger partial charge on any atom is -0.484 e. The second-order valence-electron chi connectivity index (χ2n) is 18.9. The molecule has 4 aliphatic heterocycles. The number of piperidine rings is 1. The van der Waals surface area contributed by atoms with E-state index >= 15 is 0 Å². The van der Waals surface area contributed by atoms with Gasteiger partial charge in [0, 0.05) is 101 Å². The number of rotatable bonds is 22. The Bertz CT molecular complexity index is 2520. The molecule has 5 amide bonds. The molecule has 378 valence electrons. The van der Waals surface area contributed by atoms with E-state index in [1.54, 1.807) is 9.80 Å². The first-order valence-corrected chi connectivity index (χ1v) is 25.5. The number of anilines is 1. The molecule has 4 aliphatic rings. The van der Waals surface area contributed by atoms with Crippen molar-refractivity contribution in [2.45, 2.75) is 96.2 Å². The third-order valence-corrected chi connectivity index (χ3v) is 14.5. The number of hydrogen-bond donors (Lipinski definition) is 2. The van der Waals surface area contributed by atoms with Crippen LogP contribution < -0.4 is 15.4 Å². The number of nitro groups is 1. The number of carbonyl (C=O) groups is 5. The maximum Gasteiger partial charge on any atom is 0.344 e. The van der Waals surface area contributed by atoms with Gasteiger partial charge in [-0.25, -0.2) is 0 Å². The highest BCUT2D eigenvalue weighted by molar-refractivity contribution is 6.30. The molecule has 2 unspecified atom stereocenters. The van der Waals surface area contributed by atoms with Gasteiger partial charge in [-0.3, -0.25) is 49.2 Å². The van der Waals surface area contributed by atoms with Crippen LogP contribution in [0.1, 0.15) is 120 Å². The van der Waals surface area contributed by atoms with Crippen LogP contribution >= 0.6 is 11.6 Å². The largest absolute Gasteiger partial charge is 0.484 e. The minimum atomic E-state index is -0.636. The van der Waals surface area contributed by atoms with Crippen molar-refractivity contribution in [3.63, 3.8) is 0 Å². The van der Waals surface area contributed by atoms with Crippen molar-refractivity contribution in [1.29, 1.82) is 0 Å². The molecule has 3 aromatic carbocycles. The fraction of sp³-hybridized carbons (Fsp3) is 0.500. The first kappa shape index (κ1) is 51.0. The monoisotopic (exact) mass is 993 g/mol. The standard InChI is InChI=1S/C52H64ClN9O9/c1-36-48(62(68)69)47(56-71-36)52(67)60-32-30-59(31-33-60)49(37-14-18-39(53)19-15-37)38-16-20-40(21-17-38)70-35-46(64)58-28-26-57(27-29-58)25-10-8-6-4-2-3-5-7-9-24-54-43-13-11-12-41-42(43)34-61(51(41)66)44-22-23-45(63)55-50(44)65/h11-21,44,49,54H,2-10,22-35H2,1H3,(H,55,63,65). The Morgan fingerprint density at radius 2 is 1.48 bits per heavy atom. The number of aryl methyl sites for hydroxylation is 1. The smallest absolute Gasteiger partial charge is 0.344 e. The van der Waals surface area contributed by atoms with Gasteiger partial charge in [-0.1, -0.05) is 92.0 Å². The molecule has 4 aromatic rings. The second kappa shape index (κ2) is 24.2. The van der Waals surface area contributed by atoms with Crippen LogP contribution in [0.2, 0.25) is 5.02 Å². The van der Waals surface area contributed by atoms with Crippen LogP contribution in [0.25, 0.3) is 0 Å². The molecule has 19 heteroatoms. The molecule has 0 aliphatic carbocycles. The Morgan fingerprint density at radius 1 is 0.845 bits per heavy atom. The van der Waals surface area contributed by atoms with Crippen LogP contribution in [-0.2, 0) is 20.9 Å². The van der Waals surface area contributed by atoms with Gasteiger partial charge in [-0.2, -0.15) is 0 Å². The Kier molecular flexibility index (Phi) is 17.4. The number of carbonyl (C=O) groups excluding carboxylic acids is 5. The summed E-state index contributed by atoms with van der Waals surface area (Å²) in [5, 5.41) is 21.8. The molecule has 0 spiro atoms. The van der Waals surface area contributed by atoms with E-state index in [2.05, 4.69) is 25.6 Å². The molecular weight excluding hydrogens is 930 g/mol. The van der Waals surface area contributed by atoms with Crippen LogP contribution in [0.5, 0.6) is 5.75 Å². The lowest BCUT2D eigenvalue weighted by atomic mass is 9.96. The van der Waals surface area contributed by atoms with Crippen molar-refractivity contribution < 1.29 is 38.2 Å². The first-order chi connectivity index (χ1) is 34.4. The summed E-state index contributed by atoms with van der Waals surface area (Å²) < 4.78 is 11.0. The summed E-state index contributed by atoms with van der Waals surface area (Å²) in [5.41, 5.74) is 3.82. The summed E-state index contributed by atoms with van der Waals surface area (Å²) >= 11 is 6.25. The summed E-state index contributed by atoms with van der Waals surface area (Å²) in [6.45, 7) is 8.41. The highest BCUT2D eigenvalue weighted by Crippen LogP contribution is 2.34. The number of amides is 5. The molecule has 3 saturated heterocycles. The van der Waals surface area contributed by atoms with Gasteiger partial charge in [-0.15, -0.1) is 0 Å². The number of piperazine rings is 2. The van der Waals surface area contributed by atoms with Crippen molar-refractivity contribution in [2.75, 3.05) is 77.4 Å². The van der Waals surface area contributed by atoms with Crippen molar-refractivity contribution in [3.05, 3.63) is 116 Å². The molecule has 1 aromatic heterocycles. The number of nitrogens with zero attached hydrogens (tertiary/aromatic N) is 7. The maximum atomic E-state index is 13.2. The minimum absolute atomic E-state index is 0.00797. The van der Waals surface area contributed by atoms with E-state index in [-0.39, 0.29) is 48.2 Å². The number of ether oxygens (including phenoxy) is 1. The van der Waals surface area contributed by atoms with Crippen molar-refractivity contribution in [1.82, 2.24) is 35.0 Å². The Balaban J connectivity index is 0.676. The van der Waals surface area contributed by atoms with E-state index in [0.717, 1.165) is 67.8 Å². The van der Waals surface area contributed by atoms with E-state index in [1.807, 2.05) is 71.6 Å². The summed E-state index contributed by atoms with van der Waals surface area (Å²) in [5.74, 6) is -0.801. The van der Waals surface area contributed by atoms with Gasteiger partial charge in [0.2, 0.25) is 23.3 Å². The van der Waals surface area contributed by atoms with Gasteiger partial charge in [-0.05, 0) is 73.3 Å². The average molecular weight is 995 g/mol. The number of nitrogens with one attached hydrogen (secondary N) is 2. The number of aromatic nitrogens is 1. The van der Waals surface area contributed by atoms with E-state index in [1.165, 1.54) is 45.4 Å². The molecule has 0 radical (unpaired) electrons. The molecule has 2 N–H and O–H groups in total. The number of fused-ring (bicyclic) bond motifs is 1. The van der Waals surface area contributed by atoms with Crippen LogP contribution in [0.3, 0.4) is 0 Å². The van der Waals surface area contributed by atoms with Gasteiger partial charge in [0.05, 0.1) is 11.0 Å². The molecule has 0 saturated carbocycles. The van der Waals surface area contributed by atoms with Crippen LogP contribution in [0.15, 0.2) is 71.3 Å². The molecule has 3 fully saturated rings. The second-order valence-corrected chi connectivity index (χ2v) is 19.3. The molecular formula is C52H64ClN9O9. The van der Waals surface area contributed by atoms with E-state index in [0.29, 0.717) is 68.6 Å². The summed E-state index contributed by atoms with van der Waals surface area (Å²) in [7, 11) is 0.